The molecule has 9 nitrogen and oxygen atoms in total. The minimum absolute atomic E-state index is 0.0202. The van der Waals surface area contributed by atoms with Gasteiger partial charge in [-0.05, 0) is 69.4 Å². The van der Waals surface area contributed by atoms with E-state index in [1.807, 2.05) is 25.9 Å². The Hall–Kier alpha value is -3.85. The van der Waals surface area contributed by atoms with Crippen LogP contribution in [0.15, 0.2) is 48.0 Å². The first-order chi connectivity index (χ1) is 16.6. The fraction of sp³-hybridized carbons (Fsp3) is 0.346. The van der Waals surface area contributed by atoms with Crippen molar-refractivity contribution >= 4 is 23.4 Å². The lowest BCUT2D eigenvalue weighted by Gasteiger charge is -2.26. The van der Waals surface area contributed by atoms with Crippen molar-refractivity contribution in [3.8, 4) is 11.5 Å². The van der Waals surface area contributed by atoms with E-state index in [-0.39, 0.29) is 17.9 Å². The number of primary amides is 1. The van der Waals surface area contributed by atoms with E-state index in [0.717, 1.165) is 0 Å². The number of hydrogen-bond acceptors (Lipinski definition) is 7. The number of aliphatic hydroxyl groups is 1. The van der Waals surface area contributed by atoms with Crippen molar-refractivity contribution in [2.24, 2.45) is 5.73 Å². The van der Waals surface area contributed by atoms with Crippen molar-refractivity contribution in [3.63, 3.8) is 0 Å². The summed E-state index contributed by atoms with van der Waals surface area (Å²) in [6, 6.07) is 11.1. The quantitative estimate of drug-likeness (QED) is 0.303. The van der Waals surface area contributed by atoms with E-state index in [1.54, 1.807) is 49.4 Å². The molecule has 0 spiro atoms. The van der Waals surface area contributed by atoms with Crippen molar-refractivity contribution in [3.05, 3.63) is 64.7 Å². The number of ether oxygens (including phenoxy) is 2. The van der Waals surface area contributed by atoms with Crippen LogP contribution in [0, 0.1) is 6.92 Å². The van der Waals surface area contributed by atoms with Gasteiger partial charge in [-0.15, -0.1) is 0 Å². The second kappa shape index (κ2) is 11.1. The molecule has 0 aromatic heterocycles. The highest BCUT2D eigenvalue weighted by Crippen LogP contribution is 2.40. The van der Waals surface area contributed by atoms with E-state index in [0.29, 0.717) is 47.9 Å². The number of aryl methyl sites for hydroxylation is 1. The minimum Gasteiger partial charge on any atom is -0.507 e. The third-order valence-corrected chi connectivity index (χ3v) is 5.67. The Bertz CT molecular complexity index is 1140. The molecule has 2 amide bonds. The first-order valence-electron chi connectivity index (χ1n) is 11.3. The Morgan fingerprint density at radius 1 is 1.09 bits per heavy atom. The lowest BCUT2D eigenvalue weighted by molar-refractivity contribution is -0.140. The van der Waals surface area contributed by atoms with Gasteiger partial charge in [0.05, 0.1) is 18.2 Å². The predicted molar refractivity (Wildman–Crippen MR) is 131 cm³/mol. The molecule has 2 aromatic rings. The van der Waals surface area contributed by atoms with Crippen molar-refractivity contribution in [1.82, 2.24) is 9.80 Å². The molecule has 1 aliphatic rings. The number of carbonyl (C=O) groups excluding carboxylic acids is 3. The zero-order valence-corrected chi connectivity index (χ0v) is 20.4. The van der Waals surface area contributed by atoms with Crippen LogP contribution in [0.4, 0.5) is 0 Å². The molecule has 1 aliphatic heterocycles. The predicted octanol–water partition coefficient (Wildman–Crippen LogP) is 2.24. The molecule has 35 heavy (non-hydrogen) atoms. The van der Waals surface area contributed by atoms with Crippen LogP contribution in [0.2, 0.25) is 0 Å². The molecule has 0 saturated carbocycles. The van der Waals surface area contributed by atoms with Crippen molar-refractivity contribution in [2.45, 2.75) is 19.9 Å². The molecule has 2 aromatic carbocycles. The molecule has 186 valence electrons. The zero-order chi connectivity index (χ0) is 25.7. The summed E-state index contributed by atoms with van der Waals surface area (Å²) >= 11 is 0. The first kappa shape index (κ1) is 25.8. The Morgan fingerprint density at radius 2 is 1.74 bits per heavy atom. The van der Waals surface area contributed by atoms with Crippen LogP contribution in [0.5, 0.6) is 11.5 Å². The average molecular weight is 482 g/mol. The monoisotopic (exact) mass is 481 g/mol. The van der Waals surface area contributed by atoms with E-state index in [4.69, 9.17) is 15.2 Å². The Balaban J connectivity index is 2.08. The molecule has 0 radical (unpaired) electrons. The third kappa shape index (κ3) is 5.81. The molecule has 0 bridgehead atoms. The van der Waals surface area contributed by atoms with Gasteiger partial charge in [-0.2, -0.15) is 0 Å². The van der Waals surface area contributed by atoms with Crippen molar-refractivity contribution < 1.29 is 29.0 Å². The summed E-state index contributed by atoms with van der Waals surface area (Å²) < 4.78 is 10.8. The number of aliphatic hydroxyl groups excluding tert-OH is 1. The van der Waals surface area contributed by atoms with Crippen molar-refractivity contribution in [1.29, 1.82) is 0 Å². The number of likely N-dealkylation sites (N-methyl/N-ethyl adjacent to an activating group) is 1. The maximum absolute atomic E-state index is 13.2. The van der Waals surface area contributed by atoms with E-state index < -0.39 is 23.6 Å². The van der Waals surface area contributed by atoms with Gasteiger partial charge in [0.25, 0.3) is 17.6 Å². The summed E-state index contributed by atoms with van der Waals surface area (Å²) in [7, 11) is 3.75. The van der Waals surface area contributed by atoms with Gasteiger partial charge in [-0.3, -0.25) is 14.4 Å². The number of ketones is 1. The molecule has 0 aliphatic carbocycles. The van der Waals surface area contributed by atoms with Crippen LogP contribution >= 0.6 is 0 Å². The van der Waals surface area contributed by atoms with Gasteiger partial charge in [0.2, 0.25) is 0 Å². The highest BCUT2D eigenvalue weighted by atomic mass is 16.5. The lowest BCUT2D eigenvalue weighted by atomic mass is 9.94. The molecule has 1 atom stereocenters. The van der Waals surface area contributed by atoms with Gasteiger partial charge in [-0.1, -0.05) is 12.1 Å². The van der Waals surface area contributed by atoms with Crippen LogP contribution in [-0.2, 0) is 14.4 Å². The molecular formula is C26H31N3O6. The highest BCUT2D eigenvalue weighted by Gasteiger charge is 2.46. The molecule has 3 rings (SSSR count). The number of hydrogen-bond donors (Lipinski definition) is 2. The minimum atomic E-state index is -0.786. The Morgan fingerprint density at radius 3 is 2.31 bits per heavy atom. The topological polar surface area (TPSA) is 122 Å². The van der Waals surface area contributed by atoms with Crippen LogP contribution in [0.1, 0.15) is 29.7 Å². The second-order valence-electron chi connectivity index (χ2n) is 8.53. The standard InChI is InChI=1S/C26H31N3O6/c1-5-34-19-10-11-20(16(2)14-19)24(31)22-23(29(13-12-28(3)4)26(33)25(22)32)17-6-8-18(9-7-17)35-15-21(27)30/h6-11,14,23,31H,5,12-13,15H2,1-4H3,(H2,27,30)/b24-22+. The first-order valence-corrected chi connectivity index (χ1v) is 11.3. The normalized spacial score (nSPS) is 17.2. The van der Waals surface area contributed by atoms with Crippen LogP contribution < -0.4 is 15.2 Å². The summed E-state index contributed by atoms with van der Waals surface area (Å²) in [6.07, 6.45) is 0. The summed E-state index contributed by atoms with van der Waals surface area (Å²) in [4.78, 5) is 40.6. The number of nitrogens with zero attached hydrogens (tertiary/aromatic N) is 2. The number of amides is 2. The summed E-state index contributed by atoms with van der Waals surface area (Å²) in [5.41, 5.74) is 6.93. The third-order valence-electron chi connectivity index (χ3n) is 5.67. The summed E-state index contributed by atoms with van der Waals surface area (Å²) in [6.45, 7) is 4.74. The SMILES string of the molecule is CCOc1ccc(/C(O)=C2\C(=O)C(=O)N(CCN(C)C)C2c2ccc(OCC(N)=O)cc2)c(C)c1. The molecule has 3 N–H and O–H groups in total. The van der Waals surface area contributed by atoms with Crippen LogP contribution in [0.3, 0.4) is 0 Å². The van der Waals surface area contributed by atoms with Gasteiger partial charge in [0.15, 0.2) is 6.61 Å². The maximum atomic E-state index is 13.2. The van der Waals surface area contributed by atoms with Crippen molar-refractivity contribution in [2.75, 3.05) is 40.4 Å². The fourth-order valence-electron chi connectivity index (χ4n) is 3.97. The fourth-order valence-corrected chi connectivity index (χ4v) is 3.97. The van der Waals surface area contributed by atoms with Gasteiger partial charge in [0.1, 0.15) is 17.3 Å². The number of benzene rings is 2. The summed E-state index contributed by atoms with van der Waals surface area (Å²) in [5, 5.41) is 11.3. The molecule has 1 unspecified atom stereocenters. The average Bonchev–Trinajstić information content (AvgIpc) is 3.06. The van der Waals surface area contributed by atoms with E-state index in [9.17, 15) is 19.5 Å². The molecule has 1 saturated heterocycles. The van der Waals surface area contributed by atoms with Gasteiger partial charge >= 0.3 is 0 Å². The number of likely N-dealkylation sites (tertiary alicyclic amines) is 1. The van der Waals surface area contributed by atoms with Crippen LogP contribution in [-0.4, -0.2) is 72.9 Å². The maximum Gasteiger partial charge on any atom is 0.295 e. The number of rotatable bonds is 10. The zero-order valence-electron chi connectivity index (χ0n) is 20.4. The molecule has 9 heteroatoms. The number of nitrogens with two attached hydrogens (primary N) is 1. The molecule has 1 fully saturated rings. The number of carbonyl (C=O) groups is 3. The Labute approximate surface area is 204 Å². The van der Waals surface area contributed by atoms with Gasteiger partial charge < -0.3 is 30.1 Å². The van der Waals surface area contributed by atoms with Crippen LogP contribution in [0.25, 0.3) is 5.76 Å². The van der Waals surface area contributed by atoms with E-state index in [2.05, 4.69) is 0 Å². The van der Waals surface area contributed by atoms with Gasteiger partial charge in [0, 0.05) is 18.7 Å². The van der Waals surface area contributed by atoms with E-state index >= 15 is 0 Å². The Kier molecular flexibility index (Phi) is 8.14. The van der Waals surface area contributed by atoms with Gasteiger partial charge in [-0.25, -0.2) is 0 Å². The lowest BCUT2D eigenvalue weighted by Crippen LogP contribution is -2.35. The van der Waals surface area contributed by atoms with E-state index in [1.165, 1.54) is 4.90 Å². The molecular weight excluding hydrogens is 450 g/mol. The molecule has 1 heterocycles. The number of Topliss-reactive ketones (excluding diaryl/α,β-unsaturated/α-hetero) is 1. The largest absolute Gasteiger partial charge is 0.507 e. The smallest absolute Gasteiger partial charge is 0.295 e. The second-order valence-corrected chi connectivity index (χ2v) is 8.53. The summed E-state index contributed by atoms with van der Waals surface area (Å²) in [5.74, 6) is -1.19. The highest BCUT2D eigenvalue weighted by molar-refractivity contribution is 6.46.